The number of hydrogen-bond acceptors (Lipinski definition) is 5. The van der Waals surface area contributed by atoms with Crippen molar-refractivity contribution < 1.29 is 0 Å². The fourth-order valence-electron chi connectivity index (χ4n) is 0.425. The van der Waals surface area contributed by atoms with Crippen molar-refractivity contribution in [2.75, 3.05) is 11.6 Å². The van der Waals surface area contributed by atoms with Crippen molar-refractivity contribution in [3.63, 3.8) is 0 Å². The van der Waals surface area contributed by atoms with Gasteiger partial charge in [0, 0.05) is 0 Å². The minimum Gasteiger partial charge on any atom is -0.378 e. The van der Waals surface area contributed by atoms with Crippen molar-refractivity contribution in [3.8, 4) is 0 Å². The van der Waals surface area contributed by atoms with E-state index >= 15 is 0 Å². The van der Waals surface area contributed by atoms with Crippen LogP contribution in [0.2, 0.25) is 0 Å². The lowest BCUT2D eigenvalue weighted by Crippen LogP contribution is -2.31. The summed E-state index contributed by atoms with van der Waals surface area (Å²) >= 11 is 4.56. The van der Waals surface area contributed by atoms with Gasteiger partial charge in [-0.3, -0.25) is 4.79 Å². The van der Waals surface area contributed by atoms with E-state index < -0.39 is 5.56 Å². The van der Waals surface area contributed by atoms with E-state index in [0.29, 0.717) is 0 Å². The smallest absolute Gasteiger partial charge is 0.315 e. The Hall–Kier alpha value is -1.37. The third kappa shape index (κ3) is 0.860. The van der Waals surface area contributed by atoms with Gasteiger partial charge < -0.3 is 11.6 Å². The Morgan fingerprint density at radius 3 is 2.80 bits per heavy atom. The number of rotatable bonds is 0. The molecular weight excluding hydrogens is 154 g/mol. The molecule has 1 aromatic heterocycles. The van der Waals surface area contributed by atoms with Crippen LogP contribution < -0.4 is 17.1 Å². The number of nitrogens with two attached hydrogens (primary N) is 2. The molecule has 0 fully saturated rings. The number of nitrogens with zero attached hydrogens (tertiary/aromatic N) is 2. The third-order valence-corrected chi connectivity index (χ3v) is 1.22. The van der Waals surface area contributed by atoms with Gasteiger partial charge in [0.05, 0.1) is 0 Å². The molecule has 0 unspecified atom stereocenters. The van der Waals surface area contributed by atoms with Crippen molar-refractivity contribution >= 4 is 18.0 Å². The summed E-state index contributed by atoms with van der Waals surface area (Å²) < 4.78 is 0.761. The first kappa shape index (κ1) is 6.75. The van der Waals surface area contributed by atoms with Gasteiger partial charge in [0.15, 0.2) is 0 Å². The molecule has 0 spiro atoms. The van der Waals surface area contributed by atoms with Gasteiger partial charge in [0.1, 0.15) is 0 Å². The zero-order valence-corrected chi connectivity index (χ0v) is 5.68. The lowest BCUT2D eigenvalue weighted by Gasteiger charge is -1.95. The van der Waals surface area contributed by atoms with Crippen LogP contribution in [0.1, 0.15) is 0 Å². The van der Waals surface area contributed by atoms with E-state index in [1.54, 1.807) is 0 Å². The van der Waals surface area contributed by atoms with E-state index in [9.17, 15) is 4.79 Å². The summed E-state index contributed by atoms with van der Waals surface area (Å²) in [5.74, 6) is 4.93. The monoisotopic (exact) mass is 159 g/mol. The highest BCUT2D eigenvalue weighted by atomic mass is 32.1. The number of anilines is 1. The van der Waals surface area contributed by atoms with Gasteiger partial charge in [-0.25, -0.2) is 5.10 Å². The largest absolute Gasteiger partial charge is 0.378 e. The van der Waals surface area contributed by atoms with Gasteiger partial charge >= 0.3 is 5.56 Å². The molecule has 0 aliphatic heterocycles. The van der Waals surface area contributed by atoms with E-state index in [-0.39, 0.29) is 10.6 Å². The molecule has 1 aromatic rings. The fraction of sp³-hybridized carbons (Fsp3) is 0. The number of nitrogen functional groups attached to an aromatic ring is 2. The molecule has 0 aliphatic carbocycles. The lowest BCUT2D eigenvalue weighted by atomic mass is 10.7. The second-order valence-corrected chi connectivity index (χ2v) is 1.98. The van der Waals surface area contributed by atoms with Gasteiger partial charge in [-0.05, 0) is 12.2 Å². The number of H-pyrrole nitrogens is 1. The maximum Gasteiger partial charge on any atom is 0.315 e. The third-order valence-electron chi connectivity index (χ3n) is 0.929. The summed E-state index contributed by atoms with van der Waals surface area (Å²) in [6, 6.07) is 0. The predicted molar refractivity (Wildman–Crippen MR) is 38.2 cm³/mol. The Labute approximate surface area is 60.4 Å². The van der Waals surface area contributed by atoms with E-state index in [1.807, 2.05) is 0 Å². The Morgan fingerprint density at radius 2 is 2.30 bits per heavy atom. The summed E-state index contributed by atoms with van der Waals surface area (Å²) in [5.41, 5.74) is 4.49. The minimum absolute atomic E-state index is 0.0409. The molecule has 1 rings (SSSR count). The Balaban J connectivity index is 3.66. The van der Waals surface area contributed by atoms with E-state index in [0.717, 1.165) is 4.68 Å². The Morgan fingerprint density at radius 1 is 1.70 bits per heavy atom. The highest BCUT2D eigenvalue weighted by Gasteiger charge is 1.97. The average molecular weight is 159 g/mol. The summed E-state index contributed by atoms with van der Waals surface area (Å²) in [5, 5.41) is 5.66. The SMILES string of the molecule is Nc1n[nH]c(=S)n(N)c1=O. The lowest BCUT2D eigenvalue weighted by molar-refractivity contribution is 0.809. The molecule has 0 radical (unpaired) electrons. The first-order valence-electron chi connectivity index (χ1n) is 2.35. The normalized spacial score (nSPS) is 9.60. The molecular formula is C3H5N5OS. The van der Waals surface area contributed by atoms with E-state index in [2.05, 4.69) is 22.4 Å². The molecule has 10 heavy (non-hydrogen) atoms. The van der Waals surface area contributed by atoms with Gasteiger partial charge in [-0.2, -0.15) is 4.68 Å². The van der Waals surface area contributed by atoms with Gasteiger partial charge in [-0.15, -0.1) is 5.10 Å². The number of hydrogen-bond donors (Lipinski definition) is 3. The summed E-state index contributed by atoms with van der Waals surface area (Å²) in [6.07, 6.45) is 0. The minimum atomic E-state index is -0.594. The Kier molecular flexibility index (Phi) is 1.42. The molecule has 54 valence electrons. The van der Waals surface area contributed by atoms with Crippen molar-refractivity contribution in [1.82, 2.24) is 14.9 Å². The van der Waals surface area contributed by atoms with Crippen LogP contribution >= 0.6 is 12.2 Å². The number of aromatic nitrogens is 3. The second-order valence-electron chi connectivity index (χ2n) is 1.59. The highest BCUT2D eigenvalue weighted by Crippen LogP contribution is 1.78. The van der Waals surface area contributed by atoms with Gasteiger partial charge in [-0.1, -0.05) is 0 Å². The molecule has 0 amide bonds. The van der Waals surface area contributed by atoms with Crippen LogP contribution in [0.4, 0.5) is 5.82 Å². The summed E-state index contributed by atoms with van der Waals surface area (Å²) in [4.78, 5) is 10.8. The molecule has 0 aromatic carbocycles. The van der Waals surface area contributed by atoms with E-state index in [1.165, 1.54) is 0 Å². The molecule has 0 saturated carbocycles. The van der Waals surface area contributed by atoms with Crippen molar-refractivity contribution in [2.24, 2.45) is 0 Å². The Bertz CT molecular complexity index is 351. The molecule has 5 N–H and O–H groups in total. The predicted octanol–water partition coefficient (Wildman–Crippen LogP) is -1.40. The van der Waals surface area contributed by atoms with Crippen LogP contribution in [0.15, 0.2) is 4.79 Å². The summed E-state index contributed by atoms with van der Waals surface area (Å²) in [6.45, 7) is 0. The zero-order valence-electron chi connectivity index (χ0n) is 4.87. The molecule has 6 nitrogen and oxygen atoms in total. The van der Waals surface area contributed by atoms with Crippen LogP contribution in [0, 0.1) is 4.77 Å². The molecule has 1 heterocycles. The zero-order chi connectivity index (χ0) is 7.72. The van der Waals surface area contributed by atoms with Crippen LogP contribution in [-0.4, -0.2) is 14.9 Å². The standard InChI is InChI=1S/C3H5N5OS/c4-1-2(9)8(5)3(10)7-6-1/h5H2,(H2,4,6)(H,7,10). The topological polar surface area (TPSA) is 103 Å². The molecule has 0 aliphatic rings. The second kappa shape index (κ2) is 2.10. The maximum absolute atomic E-state index is 10.8. The van der Waals surface area contributed by atoms with Gasteiger partial charge in [0.25, 0.3) is 0 Å². The van der Waals surface area contributed by atoms with Crippen LogP contribution in [0.3, 0.4) is 0 Å². The first-order valence-corrected chi connectivity index (χ1v) is 2.76. The van der Waals surface area contributed by atoms with Crippen molar-refractivity contribution in [2.45, 2.75) is 0 Å². The number of nitrogens with one attached hydrogen (secondary N) is 1. The molecule has 0 atom stereocenters. The molecule has 0 saturated heterocycles. The average Bonchev–Trinajstić information content (AvgIpc) is 1.93. The highest BCUT2D eigenvalue weighted by molar-refractivity contribution is 7.71. The number of aromatic amines is 1. The van der Waals surface area contributed by atoms with Gasteiger partial charge in [0.2, 0.25) is 10.6 Å². The van der Waals surface area contributed by atoms with Crippen LogP contribution in [0.25, 0.3) is 0 Å². The maximum atomic E-state index is 10.8. The van der Waals surface area contributed by atoms with E-state index in [4.69, 9.17) is 11.6 Å². The quantitative estimate of drug-likeness (QED) is 0.319. The fourth-order valence-corrected chi connectivity index (χ4v) is 0.554. The van der Waals surface area contributed by atoms with Crippen molar-refractivity contribution in [1.29, 1.82) is 0 Å². The summed E-state index contributed by atoms with van der Waals surface area (Å²) in [7, 11) is 0. The first-order chi connectivity index (χ1) is 4.63. The van der Waals surface area contributed by atoms with Crippen LogP contribution in [0.5, 0.6) is 0 Å². The van der Waals surface area contributed by atoms with Crippen LogP contribution in [-0.2, 0) is 0 Å². The molecule has 0 bridgehead atoms. The molecule has 7 heteroatoms. The van der Waals surface area contributed by atoms with Crippen molar-refractivity contribution in [3.05, 3.63) is 15.1 Å².